The fourth-order valence-electron chi connectivity index (χ4n) is 3.71. The Bertz CT molecular complexity index is 1140. The van der Waals surface area contributed by atoms with E-state index in [0.29, 0.717) is 12.1 Å². The van der Waals surface area contributed by atoms with Crippen molar-refractivity contribution in [3.8, 4) is 0 Å². The Balaban J connectivity index is 1.87. The third-order valence-electron chi connectivity index (χ3n) is 5.10. The molecule has 0 unspecified atom stereocenters. The van der Waals surface area contributed by atoms with E-state index in [1.165, 1.54) is 18.2 Å². The van der Waals surface area contributed by atoms with E-state index in [0.717, 1.165) is 48.5 Å². The quantitative estimate of drug-likeness (QED) is 0.684. The topological polar surface area (TPSA) is 54.3 Å². The van der Waals surface area contributed by atoms with Crippen LogP contribution in [0, 0.1) is 5.82 Å². The Morgan fingerprint density at radius 2 is 1.79 bits per heavy atom. The van der Waals surface area contributed by atoms with E-state index in [9.17, 15) is 21.6 Å². The molecule has 1 aliphatic heterocycles. The molecule has 2 heterocycles. The lowest BCUT2D eigenvalue weighted by molar-refractivity contribution is 0.153. The molecule has 3 aromatic rings. The Hall–Kier alpha value is -2.36. The first-order chi connectivity index (χ1) is 13.9. The molecule has 9 heteroatoms. The van der Waals surface area contributed by atoms with Gasteiger partial charge >= 0.3 is 0 Å². The Morgan fingerprint density at radius 1 is 1.07 bits per heavy atom. The lowest BCUT2D eigenvalue weighted by Crippen LogP contribution is -2.42. The van der Waals surface area contributed by atoms with Crippen LogP contribution in [-0.4, -0.2) is 43.5 Å². The molecule has 0 bridgehead atoms. The number of hydrogen-bond acceptors (Lipinski definition) is 4. The highest BCUT2D eigenvalue weighted by Crippen LogP contribution is 2.35. The van der Waals surface area contributed by atoms with Crippen LogP contribution in [0.5, 0.6) is 0 Å². The first-order valence-corrected chi connectivity index (χ1v) is 10.7. The lowest BCUT2D eigenvalue weighted by atomic mass is 10.1. The van der Waals surface area contributed by atoms with Gasteiger partial charge in [0.25, 0.3) is 16.4 Å². The third-order valence-corrected chi connectivity index (χ3v) is 6.77. The molecule has 1 fully saturated rings. The zero-order valence-corrected chi connectivity index (χ0v) is 16.3. The minimum Gasteiger partial charge on any atom is -0.314 e. The minimum atomic E-state index is -4.23. The molecule has 1 aliphatic rings. The SMILES string of the molecule is O=S(=O)(c1cccc(F)c1)n1cc(C(F)F)c2c(CN3CCNCC3)cccc21. The second-order valence-electron chi connectivity index (χ2n) is 6.98. The fourth-order valence-corrected chi connectivity index (χ4v) is 5.11. The Morgan fingerprint density at radius 3 is 2.48 bits per heavy atom. The summed E-state index contributed by atoms with van der Waals surface area (Å²) in [5.41, 5.74) is 0.468. The van der Waals surface area contributed by atoms with E-state index in [2.05, 4.69) is 10.2 Å². The highest BCUT2D eigenvalue weighted by molar-refractivity contribution is 7.90. The number of nitrogens with one attached hydrogen (secondary N) is 1. The maximum atomic E-state index is 13.8. The molecule has 0 saturated carbocycles. The van der Waals surface area contributed by atoms with Crippen molar-refractivity contribution < 1.29 is 21.6 Å². The van der Waals surface area contributed by atoms with Crippen molar-refractivity contribution in [1.82, 2.24) is 14.2 Å². The molecular weight excluding hydrogens is 403 g/mol. The first kappa shape index (κ1) is 19.9. The van der Waals surface area contributed by atoms with Crippen LogP contribution < -0.4 is 5.32 Å². The molecule has 0 amide bonds. The normalized spacial score (nSPS) is 16.0. The van der Waals surface area contributed by atoms with Gasteiger partial charge in [0.2, 0.25) is 0 Å². The molecule has 29 heavy (non-hydrogen) atoms. The van der Waals surface area contributed by atoms with Crippen molar-refractivity contribution in [1.29, 1.82) is 0 Å². The number of rotatable bonds is 5. The van der Waals surface area contributed by atoms with Crippen molar-refractivity contribution in [3.63, 3.8) is 0 Å². The van der Waals surface area contributed by atoms with E-state index in [1.807, 2.05) is 0 Å². The summed E-state index contributed by atoms with van der Waals surface area (Å²) in [6.07, 6.45) is -1.89. The van der Waals surface area contributed by atoms with Crippen LogP contribution in [0.25, 0.3) is 10.9 Å². The molecule has 1 N–H and O–H groups in total. The highest BCUT2D eigenvalue weighted by Gasteiger charge is 2.26. The van der Waals surface area contributed by atoms with E-state index in [4.69, 9.17) is 0 Å². The summed E-state index contributed by atoms with van der Waals surface area (Å²) in [5.74, 6) is -0.712. The summed E-state index contributed by atoms with van der Waals surface area (Å²) in [6, 6.07) is 9.44. The average molecular weight is 423 g/mol. The number of hydrogen-bond donors (Lipinski definition) is 1. The van der Waals surface area contributed by atoms with Crippen molar-refractivity contribution in [2.24, 2.45) is 0 Å². The number of benzene rings is 2. The highest BCUT2D eigenvalue weighted by atomic mass is 32.2. The van der Waals surface area contributed by atoms with Crippen LogP contribution in [0.3, 0.4) is 0 Å². The van der Waals surface area contributed by atoms with Gasteiger partial charge in [-0.1, -0.05) is 18.2 Å². The zero-order chi connectivity index (χ0) is 20.6. The summed E-state index contributed by atoms with van der Waals surface area (Å²) >= 11 is 0. The van der Waals surface area contributed by atoms with Gasteiger partial charge in [0.05, 0.1) is 10.4 Å². The first-order valence-electron chi connectivity index (χ1n) is 9.23. The van der Waals surface area contributed by atoms with Crippen LogP contribution in [0.15, 0.2) is 53.6 Å². The smallest absolute Gasteiger partial charge is 0.268 e. The van der Waals surface area contributed by atoms with Crippen molar-refractivity contribution in [3.05, 3.63) is 65.6 Å². The second-order valence-corrected chi connectivity index (χ2v) is 8.80. The van der Waals surface area contributed by atoms with Gasteiger partial charge in [0.15, 0.2) is 0 Å². The maximum absolute atomic E-state index is 13.8. The van der Waals surface area contributed by atoms with Gasteiger partial charge in [0.1, 0.15) is 5.82 Å². The van der Waals surface area contributed by atoms with E-state index >= 15 is 0 Å². The minimum absolute atomic E-state index is 0.164. The largest absolute Gasteiger partial charge is 0.314 e. The van der Waals surface area contributed by atoms with Gasteiger partial charge in [-0.05, 0) is 29.8 Å². The molecule has 1 aromatic heterocycles. The number of nitrogens with zero attached hydrogens (tertiary/aromatic N) is 2. The van der Waals surface area contributed by atoms with Gasteiger partial charge in [-0.15, -0.1) is 0 Å². The summed E-state index contributed by atoms with van der Waals surface area (Å²) in [7, 11) is -4.23. The van der Waals surface area contributed by atoms with Crippen LogP contribution >= 0.6 is 0 Å². The molecule has 5 nitrogen and oxygen atoms in total. The predicted octanol–water partition coefficient (Wildman–Crippen LogP) is 3.36. The third kappa shape index (κ3) is 3.77. The van der Waals surface area contributed by atoms with E-state index in [1.54, 1.807) is 12.1 Å². The van der Waals surface area contributed by atoms with Gasteiger partial charge in [-0.2, -0.15) is 0 Å². The average Bonchev–Trinajstić information content (AvgIpc) is 3.11. The van der Waals surface area contributed by atoms with Crippen LogP contribution in [0.4, 0.5) is 13.2 Å². The van der Waals surface area contributed by atoms with Crippen LogP contribution in [0.2, 0.25) is 0 Å². The maximum Gasteiger partial charge on any atom is 0.268 e. The summed E-state index contributed by atoms with van der Waals surface area (Å²) in [6.45, 7) is 3.63. The molecule has 154 valence electrons. The molecule has 0 atom stereocenters. The fraction of sp³-hybridized carbons (Fsp3) is 0.300. The standard InChI is InChI=1S/C20H20F3N3O2S/c21-15-4-2-5-16(11-15)29(27,28)26-13-17(20(22)23)19-14(3-1-6-18(19)26)12-25-9-7-24-8-10-25/h1-6,11,13,20,24H,7-10,12H2. The van der Waals surface area contributed by atoms with E-state index in [-0.39, 0.29) is 21.4 Å². The second kappa shape index (κ2) is 7.81. The molecule has 2 aromatic carbocycles. The Kier molecular flexibility index (Phi) is 5.37. The zero-order valence-electron chi connectivity index (χ0n) is 15.5. The molecule has 0 spiro atoms. The lowest BCUT2D eigenvalue weighted by Gasteiger charge is -2.27. The summed E-state index contributed by atoms with van der Waals surface area (Å²) in [4.78, 5) is 1.85. The number of aromatic nitrogens is 1. The van der Waals surface area contributed by atoms with Crippen LogP contribution in [-0.2, 0) is 16.6 Å². The number of fused-ring (bicyclic) bond motifs is 1. The molecule has 1 saturated heterocycles. The van der Waals surface area contributed by atoms with E-state index < -0.39 is 22.3 Å². The van der Waals surface area contributed by atoms with Crippen LogP contribution in [0.1, 0.15) is 17.6 Å². The molecule has 0 aliphatic carbocycles. The molecule has 4 rings (SSSR count). The van der Waals surface area contributed by atoms with Gasteiger partial charge in [-0.3, -0.25) is 4.90 Å². The summed E-state index contributed by atoms with van der Waals surface area (Å²) in [5, 5.41) is 3.48. The monoisotopic (exact) mass is 423 g/mol. The van der Waals surface area contributed by atoms with Gasteiger partial charge < -0.3 is 5.32 Å². The van der Waals surface area contributed by atoms with Crippen molar-refractivity contribution >= 4 is 20.9 Å². The van der Waals surface area contributed by atoms with Crippen molar-refractivity contribution in [2.75, 3.05) is 26.2 Å². The predicted molar refractivity (Wildman–Crippen MR) is 104 cm³/mol. The number of alkyl halides is 2. The number of halogens is 3. The van der Waals surface area contributed by atoms with Crippen molar-refractivity contribution in [2.45, 2.75) is 17.9 Å². The number of piperazine rings is 1. The molecule has 0 radical (unpaired) electrons. The summed E-state index contributed by atoms with van der Waals surface area (Å²) < 4.78 is 68.2. The van der Waals surface area contributed by atoms with Gasteiger partial charge in [-0.25, -0.2) is 25.6 Å². The Labute approximate surface area is 166 Å². The van der Waals surface area contributed by atoms with Gasteiger partial charge in [0, 0.05) is 49.9 Å². The molecular formula is C20H20F3N3O2S.